The highest BCUT2D eigenvalue weighted by Gasteiger charge is 2.30. The SMILES string of the molecule is CCCCCCCCCCCC[N+](C)(C)Cc1ncc(C[N+](C)(C)C)c2c1OC(CC)OC2. The summed E-state index contributed by atoms with van der Waals surface area (Å²) in [6.45, 7) is 8.04. The first-order chi connectivity index (χ1) is 15.6. The molecule has 0 radical (unpaired) electrons. The maximum Gasteiger partial charge on any atom is 0.200 e. The van der Waals surface area contributed by atoms with Gasteiger partial charge in [-0.25, -0.2) is 0 Å². The first kappa shape index (κ1) is 28.1. The van der Waals surface area contributed by atoms with E-state index in [1.54, 1.807) is 0 Å². The molecule has 1 atom stereocenters. The van der Waals surface area contributed by atoms with E-state index in [1.165, 1.54) is 81.9 Å². The Bertz CT molecular complexity index is 697. The van der Waals surface area contributed by atoms with Crippen LogP contribution in [0.4, 0.5) is 0 Å². The topological polar surface area (TPSA) is 31.4 Å². The Kier molecular flexibility index (Phi) is 11.6. The van der Waals surface area contributed by atoms with E-state index in [2.05, 4.69) is 55.3 Å². The molecule has 0 spiro atoms. The predicted molar refractivity (Wildman–Crippen MR) is 138 cm³/mol. The van der Waals surface area contributed by atoms with E-state index < -0.39 is 0 Å². The van der Waals surface area contributed by atoms with Crippen molar-refractivity contribution in [3.8, 4) is 5.75 Å². The Labute approximate surface area is 204 Å². The number of hydrogen-bond donors (Lipinski definition) is 0. The summed E-state index contributed by atoms with van der Waals surface area (Å²) in [7, 11) is 11.3. The molecule has 1 aromatic rings. The molecule has 0 aromatic carbocycles. The van der Waals surface area contributed by atoms with Gasteiger partial charge in [0, 0.05) is 23.7 Å². The van der Waals surface area contributed by atoms with Gasteiger partial charge in [-0.2, -0.15) is 0 Å². The van der Waals surface area contributed by atoms with Gasteiger partial charge in [0.15, 0.2) is 12.0 Å². The van der Waals surface area contributed by atoms with Crippen molar-refractivity contribution in [1.29, 1.82) is 0 Å². The number of fused-ring (bicyclic) bond motifs is 1. The molecule has 0 aliphatic carbocycles. The summed E-state index contributed by atoms with van der Waals surface area (Å²) in [5.74, 6) is 0.994. The number of hydrogen-bond acceptors (Lipinski definition) is 3. The van der Waals surface area contributed by atoms with Gasteiger partial charge in [-0.15, -0.1) is 0 Å². The van der Waals surface area contributed by atoms with Crippen LogP contribution in [0.1, 0.15) is 101 Å². The second kappa shape index (κ2) is 13.7. The number of ether oxygens (including phenoxy) is 2. The zero-order valence-electron chi connectivity index (χ0n) is 22.9. The van der Waals surface area contributed by atoms with Gasteiger partial charge >= 0.3 is 0 Å². The average Bonchev–Trinajstić information content (AvgIpc) is 2.75. The Morgan fingerprint density at radius 1 is 0.848 bits per heavy atom. The highest BCUT2D eigenvalue weighted by Crippen LogP contribution is 2.34. The van der Waals surface area contributed by atoms with Crippen LogP contribution in [0.15, 0.2) is 6.20 Å². The van der Waals surface area contributed by atoms with Crippen LogP contribution < -0.4 is 4.74 Å². The first-order valence-electron chi connectivity index (χ1n) is 13.6. The molecular formula is C28H53N3O2+2. The van der Waals surface area contributed by atoms with E-state index in [1.807, 2.05) is 0 Å². The Balaban J connectivity index is 1.89. The van der Waals surface area contributed by atoms with Crippen molar-refractivity contribution in [2.24, 2.45) is 0 Å². The first-order valence-corrected chi connectivity index (χ1v) is 13.6. The number of unbranched alkanes of at least 4 members (excludes halogenated alkanes) is 9. The van der Waals surface area contributed by atoms with Crippen molar-refractivity contribution in [2.45, 2.75) is 110 Å². The normalized spacial score (nSPS) is 16.5. The molecule has 0 amide bonds. The van der Waals surface area contributed by atoms with E-state index in [9.17, 15) is 0 Å². The second-order valence-electron chi connectivity index (χ2n) is 11.8. The molecule has 5 nitrogen and oxygen atoms in total. The summed E-state index contributed by atoms with van der Waals surface area (Å²) in [6, 6.07) is 0. The summed E-state index contributed by atoms with van der Waals surface area (Å²) in [5, 5.41) is 0. The van der Waals surface area contributed by atoms with E-state index >= 15 is 0 Å². The minimum atomic E-state index is -0.157. The van der Waals surface area contributed by atoms with Crippen LogP contribution in [0, 0.1) is 0 Å². The maximum atomic E-state index is 6.32. The van der Waals surface area contributed by atoms with Gasteiger partial charge in [0.05, 0.1) is 48.4 Å². The molecule has 0 bridgehead atoms. The van der Waals surface area contributed by atoms with Crippen LogP contribution in [0.3, 0.4) is 0 Å². The third kappa shape index (κ3) is 10.3. The molecule has 1 aliphatic rings. The monoisotopic (exact) mass is 463 g/mol. The Morgan fingerprint density at radius 2 is 1.45 bits per heavy atom. The second-order valence-corrected chi connectivity index (χ2v) is 11.8. The van der Waals surface area contributed by atoms with Crippen LogP contribution in [0.2, 0.25) is 0 Å². The smallest absolute Gasteiger partial charge is 0.200 e. The maximum absolute atomic E-state index is 6.32. The fraction of sp³-hybridized carbons (Fsp3) is 0.821. The number of quaternary nitrogens is 2. The summed E-state index contributed by atoms with van der Waals surface area (Å²) >= 11 is 0. The van der Waals surface area contributed by atoms with Crippen molar-refractivity contribution in [3.63, 3.8) is 0 Å². The molecule has 2 heterocycles. The van der Waals surface area contributed by atoms with Crippen LogP contribution in [0.5, 0.6) is 5.75 Å². The number of nitrogens with zero attached hydrogens (tertiary/aromatic N) is 3. The van der Waals surface area contributed by atoms with Crippen molar-refractivity contribution >= 4 is 0 Å². The summed E-state index contributed by atoms with van der Waals surface area (Å²) in [5.41, 5.74) is 3.54. The van der Waals surface area contributed by atoms with Gasteiger partial charge in [-0.1, -0.05) is 65.2 Å². The van der Waals surface area contributed by atoms with Crippen molar-refractivity contribution in [2.75, 3.05) is 41.8 Å². The van der Waals surface area contributed by atoms with E-state index in [-0.39, 0.29) is 6.29 Å². The molecule has 2 rings (SSSR count). The molecule has 0 fully saturated rings. The van der Waals surface area contributed by atoms with Crippen LogP contribution in [0.25, 0.3) is 0 Å². The van der Waals surface area contributed by atoms with Crippen molar-refractivity contribution in [1.82, 2.24) is 4.98 Å². The quantitative estimate of drug-likeness (QED) is 0.209. The zero-order valence-corrected chi connectivity index (χ0v) is 22.9. The Morgan fingerprint density at radius 3 is 2.03 bits per heavy atom. The van der Waals surface area contributed by atoms with Gasteiger partial charge in [0.2, 0.25) is 0 Å². The van der Waals surface area contributed by atoms with Gasteiger partial charge in [-0.05, 0) is 12.8 Å². The van der Waals surface area contributed by atoms with E-state index in [0.717, 1.165) is 39.9 Å². The molecule has 5 heteroatoms. The largest absolute Gasteiger partial charge is 0.462 e. The van der Waals surface area contributed by atoms with Crippen LogP contribution >= 0.6 is 0 Å². The third-order valence-electron chi connectivity index (χ3n) is 6.64. The molecule has 1 unspecified atom stereocenters. The summed E-state index contributed by atoms with van der Waals surface area (Å²) in [6.07, 6.45) is 16.6. The van der Waals surface area contributed by atoms with Crippen LogP contribution in [-0.2, 0) is 24.4 Å². The third-order valence-corrected chi connectivity index (χ3v) is 6.64. The average molecular weight is 464 g/mol. The zero-order chi connectivity index (χ0) is 24.3. The van der Waals surface area contributed by atoms with Gasteiger partial charge in [-0.3, -0.25) is 4.98 Å². The lowest BCUT2D eigenvalue weighted by atomic mass is 10.0. The fourth-order valence-electron chi connectivity index (χ4n) is 4.72. The number of aromatic nitrogens is 1. The highest BCUT2D eigenvalue weighted by molar-refractivity contribution is 5.42. The predicted octanol–water partition coefficient (Wildman–Crippen LogP) is 6.43. The van der Waals surface area contributed by atoms with Gasteiger partial charge < -0.3 is 18.4 Å². The molecule has 0 saturated heterocycles. The molecule has 190 valence electrons. The number of rotatable bonds is 16. The van der Waals surface area contributed by atoms with Gasteiger partial charge in [0.1, 0.15) is 18.8 Å². The minimum Gasteiger partial charge on any atom is -0.462 e. The lowest BCUT2D eigenvalue weighted by Gasteiger charge is -2.34. The van der Waals surface area contributed by atoms with Crippen LogP contribution in [-0.4, -0.2) is 62.0 Å². The molecule has 1 aromatic heterocycles. The number of pyridine rings is 1. The lowest BCUT2D eigenvalue weighted by Crippen LogP contribution is -2.40. The molecule has 0 N–H and O–H groups in total. The highest BCUT2D eigenvalue weighted by atomic mass is 16.7. The summed E-state index contributed by atoms with van der Waals surface area (Å²) in [4.78, 5) is 4.92. The standard InChI is InChI=1S/C28H53N3O2/c1-8-10-11-12-13-14-15-16-17-18-19-31(6,7)22-26-28-25(23-32-27(9-2)33-28)24(20-29-26)21-30(3,4)5/h20,27H,8-19,21-23H2,1-7H3/q+2. The lowest BCUT2D eigenvalue weighted by molar-refractivity contribution is -0.904. The molecular weight excluding hydrogens is 410 g/mol. The molecule has 1 aliphatic heterocycles. The van der Waals surface area contributed by atoms with E-state index in [4.69, 9.17) is 14.5 Å². The Hall–Kier alpha value is -1.17. The summed E-state index contributed by atoms with van der Waals surface area (Å²) < 4.78 is 14.1. The van der Waals surface area contributed by atoms with E-state index in [0.29, 0.717) is 6.61 Å². The minimum absolute atomic E-state index is 0.157. The van der Waals surface area contributed by atoms with Gasteiger partial charge in [0.25, 0.3) is 0 Å². The fourth-order valence-corrected chi connectivity index (χ4v) is 4.72. The van der Waals surface area contributed by atoms with Crippen molar-refractivity contribution < 1.29 is 18.4 Å². The molecule has 33 heavy (non-hydrogen) atoms. The van der Waals surface area contributed by atoms with Crippen molar-refractivity contribution in [3.05, 3.63) is 23.0 Å². The molecule has 0 saturated carbocycles.